The van der Waals surface area contributed by atoms with Crippen LogP contribution in [-0.4, -0.2) is 52.0 Å². The number of aliphatic carboxylic acids is 1. The average molecular weight is 513 g/mol. The Labute approximate surface area is 206 Å². The molecule has 181 valence electrons. The first kappa shape index (κ1) is 28.5. The number of carbonyl (C=O) groups excluding carboxylic acids is 1. The summed E-state index contributed by atoms with van der Waals surface area (Å²) < 4.78 is 4.84. The summed E-state index contributed by atoms with van der Waals surface area (Å²) in [5, 5.41) is 33.9. The number of nitrogens with zero attached hydrogens (tertiary/aromatic N) is 3. The zero-order chi connectivity index (χ0) is 23.1. The fourth-order valence-electron chi connectivity index (χ4n) is 3.02. The molecule has 0 unspecified atom stereocenters. The zero-order valence-electron chi connectivity index (χ0n) is 18.3. The molecule has 34 heavy (non-hydrogen) atoms. The van der Waals surface area contributed by atoms with Gasteiger partial charge in [-0.15, -0.1) is 0 Å². The number of carbonyl (C=O) groups is 1. The molecule has 0 saturated heterocycles. The van der Waals surface area contributed by atoms with Crippen molar-refractivity contribution in [2.75, 3.05) is 7.11 Å². The van der Waals surface area contributed by atoms with Gasteiger partial charge in [0.2, 0.25) is 0 Å². The van der Waals surface area contributed by atoms with Crippen LogP contribution in [0, 0.1) is 0 Å². The van der Waals surface area contributed by atoms with E-state index in [1.54, 1.807) is 18.5 Å². The minimum Gasteiger partial charge on any atom is -0.870 e. The summed E-state index contributed by atoms with van der Waals surface area (Å²) in [7, 11) is 1.36. The van der Waals surface area contributed by atoms with E-state index in [0.29, 0.717) is 0 Å². The molecule has 2 atom stereocenters. The van der Waals surface area contributed by atoms with E-state index in [2.05, 4.69) is 39.2 Å². The smallest absolute Gasteiger partial charge is 0.870 e. The summed E-state index contributed by atoms with van der Waals surface area (Å²) in [4.78, 5) is 23.0. The Morgan fingerprint density at radius 3 is 2.06 bits per heavy atom. The molecule has 0 bridgehead atoms. The van der Waals surface area contributed by atoms with E-state index in [-0.39, 0.29) is 33.9 Å². The normalized spacial score (nSPS) is 12.1. The maximum Gasteiger partial charge on any atom is 2.00 e. The third kappa shape index (κ3) is 6.72. The van der Waals surface area contributed by atoms with Crippen LogP contribution in [0.3, 0.4) is 0 Å². The Hall–Kier alpha value is -3.56. The van der Waals surface area contributed by atoms with Crippen molar-refractivity contribution in [1.82, 2.24) is 9.97 Å². The average Bonchev–Trinajstić information content (AvgIpc) is 2.80. The molecule has 9 nitrogen and oxygen atoms in total. The van der Waals surface area contributed by atoms with Crippen molar-refractivity contribution in [2.45, 2.75) is 19.1 Å². The Balaban J connectivity index is 0.000000327. The molecule has 0 fully saturated rings. The molecule has 1 radical (unpaired) electrons. The molecule has 4 aromatic rings. The van der Waals surface area contributed by atoms with Crippen molar-refractivity contribution in [3.63, 3.8) is 0 Å². The van der Waals surface area contributed by atoms with E-state index >= 15 is 0 Å². The van der Waals surface area contributed by atoms with Crippen molar-refractivity contribution < 1.29 is 47.4 Å². The summed E-state index contributed by atoms with van der Waals surface area (Å²) in [6, 6.07) is 15.3. The molecule has 2 aromatic carbocycles. The van der Waals surface area contributed by atoms with Gasteiger partial charge in [-0.25, -0.2) is 0 Å². The second kappa shape index (κ2) is 13.2. The SMILES string of the molecule is COc1cccc(C=N[C@H](C(=O)[O-])[C@@H](C)O)c1[O-].O.[Cu+2].c1cnc2c(c1)ccc1cccnc12. The Morgan fingerprint density at radius 2 is 1.59 bits per heavy atom. The number of hydrogen-bond acceptors (Lipinski definition) is 8. The quantitative estimate of drug-likeness (QED) is 0.233. The number of benzene rings is 2. The van der Waals surface area contributed by atoms with Crippen molar-refractivity contribution in [3.8, 4) is 11.5 Å². The van der Waals surface area contributed by atoms with Crippen LogP contribution in [0.4, 0.5) is 0 Å². The summed E-state index contributed by atoms with van der Waals surface area (Å²) >= 11 is 0. The van der Waals surface area contributed by atoms with Gasteiger partial charge < -0.3 is 30.3 Å². The maximum atomic E-state index is 11.7. The minimum atomic E-state index is -1.50. The van der Waals surface area contributed by atoms with Crippen molar-refractivity contribution in [1.29, 1.82) is 0 Å². The molecular weight excluding hydrogens is 490 g/mol. The van der Waals surface area contributed by atoms with Crippen molar-refractivity contribution in [3.05, 3.63) is 72.6 Å². The van der Waals surface area contributed by atoms with Crippen LogP contribution < -0.4 is 14.9 Å². The van der Waals surface area contributed by atoms with Crippen LogP contribution in [0.25, 0.3) is 21.8 Å². The number of aromatic nitrogens is 2. The third-order valence-corrected chi connectivity index (χ3v) is 4.65. The predicted molar refractivity (Wildman–Crippen MR) is 121 cm³/mol. The molecule has 0 spiro atoms. The first-order valence-electron chi connectivity index (χ1n) is 9.77. The van der Waals surface area contributed by atoms with Crippen LogP contribution in [0.15, 0.2) is 72.0 Å². The fourth-order valence-corrected chi connectivity index (χ4v) is 3.02. The molecule has 3 N–H and O–H groups in total. The number of ether oxygens (including phenoxy) is 1. The predicted octanol–water partition coefficient (Wildman–Crippen LogP) is 0.643. The van der Waals surface area contributed by atoms with Gasteiger partial charge in [-0.05, 0) is 30.7 Å². The summed E-state index contributed by atoms with van der Waals surface area (Å²) in [6.45, 7) is 1.28. The van der Waals surface area contributed by atoms with E-state index in [0.717, 1.165) is 28.0 Å². The number of para-hydroxylation sites is 1. The Bertz CT molecular complexity index is 1210. The van der Waals surface area contributed by atoms with E-state index in [9.17, 15) is 20.1 Å². The van der Waals surface area contributed by atoms with Gasteiger partial charge >= 0.3 is 17.1 Å². The van der Waals surface area contributed by atoms with Gasteiger partial charge in [0, 0.05) is 29.4 Å². The van der Waals surface area contributed by atoms with Crippen molar-refractivity contribution >= 4 is 34.0 Å². The number of aliphatic hydroxyl groups is 1. The van der Waals surface area contributed by atoms with Gasteiger partial charge in [0.25, 0.3) is 0 Å². The Kier molecular flexibility index (Phi) is 11.1. The fraction of sp³-hybridized carbons (Fsp3) is 0.167. The topological polar surface area (TPSA) is 162 Å². The first-order valence-corrected chi connectivity index (χ1v) is 9.77. The Morgan fingerprint density at radius 1 is 1.03 bits per heavy atom. The molecular formula is C24H23CuN3O6. The second-order valence-electron chi connectivity index (χ2n) is 6.88. The van der Waals surface area contributed by atoms with E-state index in [4.69, 9.17) is 4.74 Å². The zero-order valence-corrected chi connectivity index (χ0v) is 19.2. The van der Waals surface area contributed by atoms with Gasteiger partial charge in [0.15, 0.2) is 0 Å². The standard InChI is InChI=1S/C12H8N2.C12H15NO5.Cu.H2O/c1-3-9-5-6-10-4-2-8-14-12(10)11(9)13-7-1;1-7(14)10(12(16)17)13-6-8-4-3-5-9(18-2)11(8)15;;/h1-8H;3-7,10,14-15H,1-2H3,(H,16,17);;1H2/q;;+2;/p-2/t;7-,10+;;/m.1../s1. The van der Waals surface area contributed by atoms with Crippen LogP contribution in [0.5, 0.6) is 11.5 Å². The second-order valence-corrected chi connectivity index (χ2v) is 6.88. The molecule has 0 aliphatic heterocycles. The number of fused-ring (bicyclic) bond motifs is 3. The number of carboxylic acid groups (broad SMARTS) is 1. The van der Waals surface area contributed by atoms with Crippen LogP contribution >= 0.6 is 0 Å². The van der Waals surface area contributed by atoms with E-state index in [1.165, 1.54) is 26.2 Å². The maximum absolute atomic E-state index is 11.7. The molecule has 10 heteroatoms. The number of aliphatic imine (C=N–C) groups is 1. The summed E-state index contributed by atoms with van der Waals surface area (Å²) in [5.41, 5.74) is 2.14. The van der Waals surface area contributed by atoms with Crippen LogP contribution in [0.2, 0.25) is 0 Å². The van der Waals surface area contributed by atoms with E-state index < -0.39 is 23.9 Å². The van der Waals surface area contributed by atoms with Gasteiger partial charge in [0.05, 0.1) is 30.2 Å². The van der Waals surface area contributed by atoms with Crippen LogP contribution in [-0.2, 0) is 21.9 Å². The summed E-state index contributed by atoms with van der Waals surface area (Å²) in [5.74, 6) is -1.76. The largest absolute Gasteiger partial charge is 2.00 e. The number of aliphatic hydroxyl groups excluding tert-OH is 1. The first-order chi connectivity index (χ1) is 15.4. The van der Waals surface area contributed by atoms with Crippen molar-refractivity contribution in [2.24, 2.45) is 4.99 Å². The number of hydrogen-bond donors (Lipinski definition) is 1. The number of methoxy groups -OCH3 is 1. The van der Waals surface area contributed by atoms with Gasteiger partial charge in [-0.1, -0.05) is 42.1 Å². The molecule has 4 rings (SSSR count). The molecule has 0 aliphatic carbocycles. The molecule has 0 saturated carbocycles. The van der Waals surface area contributed by atoms with Gasteiger partial charge in [0.1, 0.15) is 11.8 Å². The molecule has 2 heterocycles. The minimum absolute atomic E-state index is 0. The molecule has 2 aromatic heterocycles. The van der Waals surface area contributed by atoms with E-state index in [1.807, 2.05) is 12.1 Å². The molecule has 0 amide bonds. The van der Waals surface area contributed by atoms with Crippen LogP contribution in [0.1, 0.15) is 12.5 Å². The molecule has 0 aliphatic rings. The third-order valence-electron chi connectivity index (χ3n) is 4.65. The number of rotatable bonds is 5. The number of carboxylic acids is 1. The monoisotopic (exact) mass is 512 g/mol. The van der Waals surface area contributed by atoms with Gasteiger partial charge in [-0.3, -0.25) is 15.0 Å². The number of pyridine rings is 2. The summed E-state index contributed by atoms with van der Waals surface area (Å²) in [6.07, 6.45) is 3.50. The van der Waals surface area contributed by atoms with Gasteiger partial charge in [-0.2, -0.15) is 0 Å².